The van der Waals surface area contributed by atoms with Crippen LogP contribution in [0.3, 0.4) is 0 Å². The number of hydrogen-bond donors (Lipinski definition) is 1. The van der Waals surface area contributed by atoms with Crippen LogP contribution in [-0.2, 0) is 4.74 Å². The highest BCUT2D eigenvalue weighted by Gasteiger charge is 2.28. The molecule has 1 aliphatic heterocycles. The molecule has 0 fully saturated rings. The molecule has 0 aromatic rings. The Morgan fingerprint density at radius 1 is 1.50 bits per heavy atom. The number of allylic oxidation sites excluding steroid dienone is 1. The fourth-order valence-corrected chi connectivity index (χ4v) is 1.12. The van der Waals surface area contributed by atoms with E-state index in [2.05, 4.69) is 32.7 Å². The van der Waals surface area contributed by atoms with Crippen LogP contribution in [-0.4, -0.2) is 13.3 Å². The van der Waals surface area contributed by atoms with Gasteiger partial charge in [0.25, 0.3) is 0 Å². The van der Waals surface area contributed by atoms with Gasteiger partial charge in [-0.1, -0.05) is 27.4 Å². The molecule has 0 radical (unpaired) electrons. The first-order valence-electron chi connectivity index (χ1n) is 4.20. The summed E-state index contributed by atoms with van der Waals surface area (Å²) in [6.07, 6.45) is 1.99. The third-order valence-corrected chi connectivity index (χ3v) is 1.90. The highest BCUT2D eigenvalue weighted by molar-refractivity contribution is 5.29. The maximum atomic E-state index is 5.64. The van der Waals surface area contributed by atoms with Gasteiger partial charge in [-0.15, -0.1) is 0 Å². The van der Waals surface area contributed by atoms with Gasteiger partial charge in [0.15, 0.2) is 6.23 Å². The summed E-state index contributed by atoms with van der Waals surface area (Å²) in [5.74, 6) is 1.01. The first kappa shape index (κ1) is 9.33. The second-order valence-electron chi connectivity index (χ2n) is 4.12. The quantitative estimate of drug-likeness (QED) is 0.645. The van der Waals surface area contributed by atoms with Crippen LogP contribution in [0.5, 0.6) is 0 Å². The third kappa shape index (κ3) is 1.69. The summed E-state index contributed by atoms with van der Waals surface area (Å²) < 4.78 is 5.64. The van der Waals surface area contributed by atoms with Crippen molar-refractivity contribution in [2.45, 2.75) is 27.0 Å². The zero-order valence-corrected chi connectivity index (χ0v) is 8.27. The number of rotatable bonds is 1. The molecule has 0 bridgehead atoms. The van der Waals surface area contributed by atoms with Gasteiger partial charge < -0.3 is 4.74 Å². The van der Waals surface area contributed by atoms with E-state index in [1.807, 2.05) is 13.1 Å². The molecule has 68 valence electrons. The van der Waals surface area contributed by atoms with Crippen molar-refractivity contribution in [2.24, 2.45) is 5.41 Å². The molecule has 1 unspecified atom stereocenters. The monoisotopic (exact) mass is 167 g/mol. The average Bonchev–Trinajstić information content (AvgIpc) is 2.29. The van der Waals surface area contributed by atoms with E-state index in [4.69, 9.17) is 4.74 Å². The molecule has 0 spiro atoms. The Morgan fingerprint density at radius 2 is 2.08 bits per heavy atom. The lowest BCUT2D eigenvalue weighted by Crippen LogP contribution is -2.26. The molecule has 0 aromatic carbocycles. The Balaban J connectivity index is 2.75. The minimum atomic E-state index is -0.0285. The summed E-state index contributed by atoms with van der Waals surface area (Å²) in [4.78, 5) is 0. The standard InChI is InChI=1S/C10H17NO/c1-7-6-8(10(2,3)4)12-9(7)11-5/h6,9,11H,1H2,2-5H3. The number of nitrogens with one attached hydrogen (secondary N) is 1. The highest BCUT2D eigenvalue weighted by atomic mass is 16.5. The van der Waals surface area contributed by atoms with E-state index in [0.717, 1.165) is 11.3 Å². The molecule has 2 nitrogen and oxygen atoms in total. The van der Waals surface area contributed by atoms with Crippen LogP contribution in [0.2, 0.25) is 0 Å². The first-order valence-corrected chi connectivity index (χ1v) is 4.20. The van der Waals surface area contributed by atoms with E-state index in [1.54, 1.807) is 0 Å². The second-order valence-corrected chi connectivity index (χ2v) is 4.12. The molecule has 12 heavy (non-hydrogen) atoms. The largest absolute Gasteiger partial charge is 0.475 e. The Hall–Kier alpha value is -0.760. The summed E-state index contributed by atoms with van der Waals surface area (Å²) in [7, 11) is 1.87. The average molecular weight is 167 g/mol. The lowest BCUT2D eigenvalue weighted by Gasteiger charge is -2.21. The van der Waals surface area contributed by atoms with Gasteiger partial charge >= 0.3 is 0 Å². The molecule has 1 atom stereocenters. The summed E-state index contributed by atoms with van der Waals surface area (Å²) in [5.41, 5.74) is 1.08. The predicted molar refractivity (Wildman–Crippen MR) is 50.6 cm³/mol. The fourth-order valence-electron chi connectivity index (χ4n) is 1.12. The molecule has 2 heteroatoms. The van der Waals surface area contributed by atoms with E-state index in [-0.39, 0.29) is 11.6 Å². The molecular formula is C10H17NO. The highest BCUT2D eigenvalue weighted by Crippen LogP contribution is 2.33. The zero-order chi connectivity index (χ0) is 9.35. The van der Waals surface area contributed by atoms with Gasteiger partial charge in [-0.05, 0) is 13.1 Å². The maximum absolute atomic E-state index is 5.64. The number of ether oxygens (including phenoxy) is 1. The van der Waals surface area contributed by atoms with E-state index < -0.39 is 0 Å². The molecule has 1 heterocycles. The minimum absolute atomic E-state index is 0.0285. The molecule has 0 amide bonds. The van der Waals surface area contributed by atoms with Crippen LogP contribution in [0, 0.1) is 5.41 Å². The summed E-state index contributed by atoms with van der Waals surface area (Å²) >= 11 is 0. The molecule has 0 saturated heterocycles. The summed E-state index contributed by atoms with van der Waals surface area (Å²) in [6, 6.07) is 0. The normalized spacial score (nSPS) is 23.8. The van der Waals surface area contributed by atoms with Crippen molar-refractivity contribution in [1.82, 2.24) is 5.32 Å². The zero-order valence-electron chi connectivity index (χ0n) is 8.27. The predicted octanol–water partition coefficient (Wildman–Crippen LogP) is 2.05. The van der Waals surface area contributed by atoms with Gasteiger partial charge in [0.2, 0.25) is 0 Å². The Kier molecular flexibility index (Phi) is 2.29. The van der Waals surface area contributed by atoms with Crippen LogP contribution in [0.25, 0.3) is 0 Å². The van der Waals surface area contributed by atoms with Crippen LogP contribution in [0.15, 0.2) is 24.0 Å². The Morgan fingerprint density at radius 3 is 2.33 bits per heavy atom. The second kappa shape index (κ2) is 2.94. The van der Waals surface area contributed by atoms with Crippen LogP contribution >= 0.6 is 0 Å². The van der Waals surface area contributed by atoms with Crippen molar-refractivity contribution in [2.75, 3.05) is 7.05 Å². The number of likely N-dealkylation sites (N-methyl/N-ethyl adjacent to an activating group) is 1. The molecule has 1 N–H and O–H groups in total. The minimum Gasteiger partial charge on any atom is -0.475 e. The molecular weight excluding hydrogens is 150 g/mol. The molecule has 0 saturated carbocycles. The maximum Gasteiger partial charge on any atom is 0.175 e. The van der Waals surface area contributed by atoms with Gasteiger partial charge in [0.05, 0.1) is 0 Å². The van der Waals surface area contributed by atoms with Gasteiger partial charge in [0.1, 0.15) is 5.76 Å². The van der Waals surface area contributed by atoms with Crippen molar-refractivity contribution in [3.05, 3.63) is 24.0 Å². The molecule has 0 aromatic heterocycles. The molecule has 1 rings (SSSR count). The lowest BCUT2D eigenvalue weighted by molar-refractivity contribution is 0.103. The topological polar surface area (TPSA) is 21.3 Å². The van der Waals surface area contributed by atoms with Crippen LogP contribution < -0.4 is 5.32 Å². The van der Waals surface area contributed by atoms with Crippen molar-refractivity contribution >= 4 is 0 Å². The van der Waals surface area contributed by atoms with E-state index in [1.165, 1.54) is 0 Å². The van der Waals surface area contributed by atoms with Gasteiger partial charge in [-0.2, -0.15) is 0 Å². The summed E-state index contributed by atoms with van der Waals surface area (Å²) in [6.45, 7) is 10.3. The van der Waals surface area contributed by atoms with E-state index >= 15 is 0 Å². The van der Waals surface area contributed by atoms with Gasteiger partial charge in [-0.3, -0.25) is 5.32 Å². The molecule has 0 aliphatic carbocycles. The van der Waals surface area contributed by atoms with Crippen molar-refractivity contribution in [1.29, 1.82) is 0 Å². The van der Waals surface area contributed by atoms with Crippen LogP contribution in [0.1, 0.15) is 20.8 Å². The smallest absolute Gasteiger partial charge is 0.175 e. The fraction of sp³-hybridized carbons (Fsp3) is 0.600. The van der Waals surface area contributed by atoms with Gasteiger partial charge in [-0.25, -0.2) is 0 Å². The van der Waals surface area contributed by atoms with E-state index in [0.29, 0.717) is 0 Å². The lowest BCUT2D eigenvalue weighted by atomic mass is 9.93. The Labute approximate surface area is 74.3 Å². The first-order chi connectivity index (χ1) is 5.45. The third-order valence-electron chi connectivity index (χ3n) is 1.90. The van der Waals surface area contributed by atoms with Crippen molar-refractivity contribution < 1.29 is 4.74 Å². The number of hydrogen-bond acceptors (Lipinski definition) is 2. The van der Waals surface area contributed by atoms with Crippen molar-refractivity contribution in [3.8, 4) is 0 Å². The van der Waals surface area contributed by atoms with Crippen molar-refractivity contribution in [3.63, 3.8) is 0 Å². The SMILES string of the molecule is C=C1C=C(C(C)(C)C)OC1NC. The molecule has 1 aliphatic rings. The summed E-state index contributed by atoms with van der Waals surface area (Å²) in [5, 5.41) is 3.04. The van der Waals surface area contributed by atoms with Gasteiger partial charge in [0, 0.05) is 11.0 Å². The van der Waals surface area contributed by atoms with E-state index in [9.17, 15) is 0 Å². The van der Waals surface area contributed by atoms with Crippen LogP contribution in [0.4, 0.5) is 0 Å². The Bertz CT molecular complexity index is 222.